The van der Waals surface area contributed by atoms with E-state index in [1.807, 2.05) is 6.92 Å². The minimum Gasteiger partial charge on any atom is -0.312 e. The van der Waals surface area contributed by atoms with E-state index >= 15 is 0 Å². The highest BCUT2D eigenvalue weighted by Crippen LogP contribution is 2.25. The van der Waals surface area contributed by atoms with E-state index in [9.17, 15) is 0 Å². The zero-order valence-corrected chi connectivity index (χ0v) is 9.74. The smallest absolute Gasteiger partial charge is 0.114 e. The van der Waals surface area contributed by atoms with Gasteiger partial charge in [0.05, 0.1) is 0 Å². The summed E-state index contributed by atoms with van der Waals surface area (Å²) in [7, 11) is 0. The Labute approximate surface area is 96.7 Å². The third-order valence-electron chi connectivity index (χ3n) is 3.21. The minimum absolute atomic E-state index is 0.458. The minimum atomic E-state index is 0.458. The normalized spacial score (nSPS) is 20.4. The molecule has 0 radical (unpaired) electrons. The van der Waals surface area contributed by atoms with Crippen LogP contribution in [0.3, 0.4) is 0 Å². The average molecular weight is 217 g/mol. The number of hydrogen-bond acceptors (Lipinski definition) is 2. The Morgan fingerprint density at radius 2 is 2.19 bits per heavy atom. The van der Waals surface area contributed by atoms with E-state index in [1.54, 1.807) is 0 Å². The fourth-order valence-corrected chi connectivity index (χ4v) is 2.39. The molecule has 1 atom stereocenters. The van der Waals surface area contributed by atoms with Gasteiger partial charge in [-0.3, -0.25) is 4.99 Å². The molecule has 2 rings (SSSR count). The van der Waals surface area contributed by atoms with Gasteiger partial charge < -0.3 is 5.43 Å². The van der Waals surface area contributed by atoms with Gasteiger partial charge in [0.1, 0.15) is 5.84 Å². The Morgan fingerprint density at radius 1 is 1.44 bits per heavy atom. The molecular formula is C13H19N3. The topological polar surface area (TPSA) is 50.4 Å². The number of benzene rings is 1. The van der Waals surface area contributed by atoms with E-state index in [-0.39, 0.29) is 0 Å². The lowest BCUT2D eigenvalue weighted by molar-refractivity contribution is 0.565. The molecule has 0 amide bonds. The molecule has 0 fully saturated rings. The van der Waals surface area contributed by atoms with Crippen molar-refractivity contribution < 1.29 is 0 Å². The summed E-state index contributed by atoms with van der Waals surface area (Å²) in [5, 5.41) is 0. The number of nitrogens with two attached hydrogens (primary N) is 1. The second-order valence-corrected chi connectivity index (χ2v) is 4.21. The zero-order chi connectivity index (χ0) is 11.4. The number of rotatable bonds is 2. The van der Waals surface area contributed by atoms with Crippen LogP contribution in [0.25, 0.3) is 0 Å². The Balaban J connectivity index is 2.16. The van der Waals surface area contributed by atoms with Crippen molar-refractivity contribution in [2.45, 2.75) is 26.2 Å². The van der Waals surface area contributed by atoms with Crippen molar-refractivity contribution in [1.29, 1.82) is 0 Å². The molecule has 1 aromatic carbocycles. The van der Waals surface area contributed by atoms with Gasteiger partial charge in [0.2, 0.25) is 0 Å². The van der Waals surface area contributed by atoms with E-state index in [1.165, 1.54) is 11.1 Å². The molecule has 0 saturated heterocycles. The van der Waals surface area contributed by atoms with Gasteiger partial charge in [0.15, 0.2) is 0 Å². The second-order valence-electron chi connectivity index (χ2n) is 4.21. The van der Waals surface area contributed by atoms with Crippen molar-refractivity contribution in [2.75, 3.05) is 6.54 Å². The number of nitrogens with one attached hydrogen (secondary N) is 1. The average Bonchev–Trinajstić information content (AvgIpc) is 2.35. The van der Waals surface area contributed by atoms with Gasteiger partial charge in [0, 0.05) is 12.5 Å². The molecule has 0 saturated carbocycles. The lowest BCUT2D eigenvalue weighted by Gasteiger charge is -2.25. The van der Waals surface area contributed by atoms with Crippen LogP contribution in [0.2, 0.25) is 0 Å². The van der Waals surface area contributed by atoms with Crippen LogP contribution in [0.5, 0.6) is 0 Å². The monoisotopic (exact) mass is 217 g/mol. The molecule has 3 heteroatoms. The number of aryl methyl sites for hydroxylation is 1. The summed E-state index contributed by atoms with van der Waals surface area (Å²) in [5.41, 5.74) is 5.67. The van der Waals surface area contributed by atoms with Crippen molar-refractivity contribution in [3.63, 3.8) is 0 Å². The highest BCUT2D eigenvalue weighted by atomic mass is 15.3. The van der Waals surface area contributed by atoms with Gasteiger partial charge in [-0.25, -0.2) is 5.84 Å². The van der Waals surface area contributed by atoms with E-state index in [0.717, 1.165) is 31.6 Å². The molecule has 0 spiro atoms. The number of nitrogens with zero attached hydrogens (tertiary/aromatic N) is 1. The van der Waals surface area contributed by atoms with Gasteiger partial charge in [-0.1, -0.05) is 24.3 Å². The van der Waals surface area contributed by atoms with Crippen LogP contribution in [-0.4, -0.2) is 12.4 Å². The summed E-state index contributed by atoms with van der Waals surface area (Å²) in [5.74, 6) is 6.94. The van der Waals surface area contributed by atoms with Crippen molar-refractivity contribution >= 4 is 5.84 Å². The Bertz CT molecular complexity index is 385. The second kappa shape index (κ2) is 5.12. The first-order valence-corrected chi connectivity index (χ1v) is 5.93. The van der Waals surface area contributed by atoms with Gasteiger partial charge in [-0.2, -0.15) is 0 Å². The molecule has 86 valence electrons. The van der Waals surface area contributed by atoms with E-state index in [2.05, 4.69) is 34.7 Å². The molecule has 16 heavy (non-hydrogen) atoms. The number of aliphatic imine (C=N–C) groups is 1. The summed E-state index contributed by atoms with van der Waals surface area (Å²) in [4.78, 5) is 4.42. The third-order valence-corrected chi connectivity index (χ3v) is 3.21. The van der Waals surface area contributed by atoms with Crippen LogP contribution >= 0.6 is 0 Å². The molecule has 0 bridgehead atoms. The quantitative estimate of drug-likeness (QED) is 0.343. The first-order valence-electron chi connectivity index (χ1n) is 5.93. The summed E-state index contributed by atoms with van der Waals surface area (Å²) < 4.78 is 0. The van der Waals surface area contributed by atoms with E-state index < -0.39 is 0 Å². The maximum atomic E-state index is 5.53. The highest BCUT2D eigenvalue weighted by molar-refractivity contribution is 5.84. The molecule has 0 aromatic heterocycles. The van der Waals surface area contributed by atoms with E-state index in [0.29, 0.717) is 5.92 Å². The Morgan fingerprint density at radius 3 is 2.88 bits per heavy atom. The number of amidine groups is 1. The van der Waals surface area contributed by atoms with Crippen LogP contribution in [0.1, 0.15) is 24.5 Å². The SMILES string of the molecule is CCN=C(NN)C1CCc2ccccc2C1. The predicted octanol–water partition coefficient (Wildman–Crippen LogP) is 1.67. The maximum absolute atomic E-state index is 5.53. The highest BCUT2D eigenvalue weighted by Gasteiger charge is 2.21. The van der Waals surface area contributed by atoms with Crippen LogP contribution in [0, 0.1) is 5.92 Å². The number of fused-ring (bicyclic) bond motifs is 1. The van der Waals surface area contributed by atoms with E-state index in [4.69, 9.17) is 5.84 Å². The zero-order valence-electron chi connectivity index (χ0n) is 9.74. The fourth-order valence-electron chi connectivity index (χ4n) is 2.39. The molecular weight excluding hydrogens is 198 g/mol. The van der Waals surface area contributed by atoms with Crippen molar-refractivity contribution in [3.05, 3.63) is 35.4 Å². The molecule has 0 aliphatic heterocycles. The Hall–Kier alpha value is -1.35. The lowest BCUT2D eigenvalue weighted by atomic mass is 9.83. The molecule has 1 aliphatic rings. The Kier molecular flexibility index (Phi) is 3.57. The van der Waals surface area contributed by atoms with Crippen LogP contribution in [-0.2, 0) is 12.8 Å². The molecule has 0 heterocycles. The molecule has 1 unspecified atom stereocenters. The van der Waals surface area contributed by atoms with Gasteiger partial charge in [-0.05, 0) is 37.3 Å². The van der Waals surface area contributed by atoms with Gasteiger partial charge in [-0.15, -0.1) is 0 Å². The predicted molar refractivity (Wildman–Crippen MR) is 67.3 cm³/mol. The molecule has 1 aliphatic carbocycles. The number of hydrogen-bond donors (Lipinski definition) is 2. The molecule has 1 aromatic rings. The lowest BCUT2D eigenvalue weighted by Crippen LogP contribution is -2.38. The number of hydrazine groups is 1. The fraction of sp³-hybridized carbons (Fsp3) is 0.462. The maximum Gasteiger partial charge on any atom is 0.114 e. The first-order chi connectivity index (χ1) is 7.85. The van der Waals surface area contributed by atoms with Gasteiger partial charge in [0.25, 0.3) is 0 Å². The third kappa shape index (κ3) is 2.25. The molecule has 3 nitrogen and oxygen atoms in total. The van der Waals surface area contributed by atoms with Crippen molar-refractivity contribution in [3.8, 4) is 0 Å². The summed E-state index contributed by atoms with van der Waals surface area (Å²) in [6.07, 6.45) is 3.32. The van der Waals surface area contributed by atoms with Gasteiger partial charge >= 0.3 is 0 Å². The summed E-state index contributed by atoms with van der Waals surface area (Å²) in [6, 6.07) is 8.65. The van der Waals surface area contributed by atoms with Crippen molar-refractivity contribution in [1.82, 2.24) is 5.43 Å². The largest absolute Gasteiger partial charge is 0.312 e. The van der Waals surface area contributed by atoms with Crippen LogP contribution in [0.4, 0.5) is 0 Å². The molecule has 3 N–H and O–H groups in total. The summed E-state index contributed by atoms with van der Waals surface area (Å²) in [6.45, 7) is 2.83. The van der Waals surface area contributed by atoms with Crippen LogP contribution in [0.15, 0.2) is 29.3 Å². The standard InChI is InChI=1S/C13H19N3/c1-2-15-13(16-14)12-8-7-10-5-3-4-6-11(10)9-12/h3-6,12H,2,7-9,14H2,1H3,(H,15,16). The van der Waals surface area contributed by atoms with Crippen LogP contribution < -0.4 is 11.3 Å². The first kappa shape index (κ1) is 11.1. The van der Waals surface area contributed by atoms with Crippen molar-refractivity contribution in [2.24, 2.45) is 16.8 Å². The summed E-state index contributed by atoms with van der Waals surface area (Å²) >= 11 is 0.